The van der Waals surface area contributed by atoms with Crippen molar-refractivity contribution in [3.05, 3.63) is 36.0 Å². The quantitative estimate of drug-likeness (QED) is 0.709. The van der Waals surface area contributed by atoms with E-state index in [2.05, 4.69) is 28.9 Å². The maximum absolute atomic E-state index is 13.1. The highest BCUT2D eigenvalue weighted by Gasteiger charge is 2.52. The van der Waals surface area contributed by atoms with Gasteiger partial charge >= 0.3 is 0 Å². The molecular formula is C20H23FN2OS. The Morgan fingerprint density at radius 3 is 2.24 bits per heavy atom. The monoisotopic (exact) mass is 358 g/mol. The van der Waals surface area contributed by atoms with Crippen molar-refractivity contribution in [3.63, 3.8) is 0 Å². The Labute approximate surface area is 151 Å². The summed E-state index contributed by atoms with van der Waals surface area (Å²) < 4.78 is 19.4. The second kappa shape index (κ2) is 5.83. The van der Waals surface area contributed by atoms with E-state index in [1.807, 2.05) is 0 Å². The lowest BCUT2D eigenvalue weighted by Gasteiger charge is -2.56. The minimum Gasteiger partial charge on any atom is -0.420 e. The Kier molecular flexibility index (Phi) is 3.70. The average molecular weight is 358 g/mol. The molecule has 5 heteroatoms. The molecule has 4 saturated carbocycles. The minimum atomic E-state index is -0.255. The maximum Gasteiger partial charge on any atom is 0.247 e. The molecule has 1 heterocycles. The third kappa shape index (κ3) is 2.90. The zero-order chi connectivity index (χ0) is 17.0. The fourth-order valence-electron chi connectivity index (χ4n) is 5.71. The number of nitrogens with zero attached hydrogens (tertiary/aromatic N) is 2. The molecule has 0 radical (unpaired) electrons. The van der Waals surface area contributed by atoms with Crippen LogP contribution in [0.2, 0.25) is 0 Å². The van der Waals surface area contributed by atoms with Crippen LogP contribution >= 0.6 is 11.8 Å². The van der Waals surface area contributed by atoms with E-state index < -0.39 is 0 Å². The summed E-state index contributed by atoms with van der Waals surface area (Å²) in [4.78, 5) is 0. The van der Waals surface area contributed by atoms with Crippen LogP contribution in [-0.2, 0) is 0 Å². The van der Waals surface area contributed by atoms with Crippen LogP contribution in [0.1, 0.15) is 56.6 Å². The molecular weight excluding hydrogens is 335 g/mol. The summed E-state index contributed by atoms with van der Waals surface area (Å²) in [5.74, 6) is 3.76. The van der Waals surface area contributed by atoms with Crippen LogP contribution < -0.4 is 0 Å². The Balaban J connectivity index is 1.33. The van der Waals surface area contributed by atoms with Gasteiger partial charge in [0.25, 0.3) is 0 Å². The van der Waals surface area contributed by atoms with E-state index >= 15 is 0 Å². The standard InChI is InChI=1S/C20H23FN2OS/c1-12(18-22-23-19(24-18)16-2-4-17(21)5-3-16)25-20-9-13-6-14(10-20)8-15(7-13)11-20/h2-5,12-15H,6-11H2,1H3/t12-,13?,14?,15?,20?/m0/s1. The second-order valence-corrected chi connectivity index (χ2v) is 10.1. The van der Waals surface area contributed by atoms with Crippen LogP contribution in [0.15, 0.2) is 28.7 Å². The van der Waals surface area contributed by atoms with E-state index in [1.54, 1.807) is 12.1 Å². The maximum atomic E-state index is 13.1. The fraction of sp³-hybridized carbons (Fsp3) is 0.600. The summed E-state index contributed by atoms with van der Waals surface area (Å²) in [5, 5.41) is 8.67. The third-order valence-electron chi connectivity index (χ3n) is 6.29. The molecule has 4 aliphatic rings. The topological polar surface area (TPSA) is 38.9 Å². The highest BCUT2D eigenvalue weighted by molar-refractivity contribution is 8.00. The van der Waals surface area contributed by atoms with Crippen molar-refractivity contribution in [2.75, 3.05) is 0 Å². The van der Waals surface area contributed by atoms with Crippen molar-refractivity contribution in [2.24, 2.45) is 17.8 Å². The van der Waals surface area contributed by atoms with Crippen LogP contribution in [0.5, 0.6) is 0 Å². The van der Waals surface area contributed by atoms with Crippen molar-refractivity contribution < 1.29 is 8.81 Å². The molecule has 0 unspecified atom stereocenters. The smallest absolute Gasteiger partial charge is 0.247 e. The highest BCUT2D eigenvalue weighted by atomic mass is 32.2. The van der Waals surface area contributed by atoms with Gasteiger partial charge in [-0.15, -0.1) is 22.0 Å². The van der Waals surface area contributed by atoms with Gasteiger partial charge in [0.15, 0.2) is 0 Å². The summed E-state index contributed by atoms with van der Waals surface area (Å²) in [7, 11) is 0. The number of rotatable bonds is 4. The van der Waals surface area contributed by atoms with Crippen LogP contribution in [0.25, 0.3) is 11.5 Å². The van der Waals surface area contributed by atoms with Crippen LogP contribution in [0, 0.1) is 23.6 Å². The lowest BCUT2D eigenvalue weighted by molar-refractivity contribution is 0.0380. The van der Waals surface area contributed by atoms with Gasteiger partial charge in [-0.2, -0.15) is 0 Å². The summed E-state index contributed by atoms with van der Waals surface area (Å²) in [6.45, 7) is 2.19. The van der Waals surface area contributed by atoms with E-state index in [0.29, 0.717) is 16.5 Å². The van der Waals surface area contributed by atoms with Crippen LogP contribution in [0.3, 0.4) is 0 Å². The van der Waals surface area contributed by atoms with Gasteiger partial charge in [-0.25, -0.2) is 4.39 Å². The van der Waals surface area contributed by atoms with Crippen molar-refractivity contribution in [1.29, 1.82) is 0 Å². The molecule has 0 saturated heterocycles. The minimum absolute atomic E-state index is 0.206. The molecule has 25 heavy (non-hydrogen) atoms. The number of aromatic nitrogens is 2. The van der Waals surface area contributed by atoms with Crippen LogP contribution in [0.4, 0.5) is 4.39 Å². The molecule has 3 nitrogen and oxygen atoms in total. The van der Waals surface area contributed by atoms with Gasteiger partial charge in [0.2, 0.25) is 11.8 Å². The molecule has 0 N–H and O–H groups in total. The molecule has 1 atom stereocenters. The first-order valence-corrected chi connectivity index (χ1v) is 10.2. The molecule has 1 aromatic heterocycles. The second-order valence-electron chi connectivity index (χ2n) is 8.31. The van der Waals surface area contributed by atoms with Crippen LogP contribution in [-0.4, -0.2) is 14.9 Å². The SMILES string of the molecule is C[C@H](SC12CC3CC(CC(C3)C1)C2)c1nnc(-c2ccc(F)cc2)o1. The normalized spacial score (nSPS) is 34.4. The van der Waals surface area contributed by atoms with Gasteiger partial charge in [-0.05, 0) is 87.5 Å². The summed E-state index contributed by atoms with van der Waals surface area (Å²) in [6, 6.07) is 6.21. The van der Waals surface area contributed by atoms with Gasteiger partial charge in [0.1, 0.15) is 5.82 Å². The van der Waals surface area contributed by atoms with Gasteiger partial charge in [-0.3, -0.25) is 0 Å². The van der Waals surface area contributed by atoms with E-state index in [9.17, 15) is 4.39 Å². The average Bonchev–Trinajstić information content (AvgIpc) is 3.04. The highest BCUT2D eigenvalue weighted by Crippen LogP contribution is 2.62. The van der Waals surface area contributed by atoms with Gasteiger partial charge in [0, 0.05) is 10.3 Å². The Morgan fingerprint density at radius 1 is 1.04 bits per heavy atom. The predicted octanol–water partition coefficient (Wildman–Crippen LogP) is 5.64. The van der Waals surface area contributed by atoms with E-state index in [4.69, 9.17) is 4.42 Å². The largest absolute Gasteiger partial charge is 0.420 e. The molecule has 132 valence electrons. The van der Waals surface area contributed by atoms with Crippen molar-refractivity contribution in [2.45, 2.75) is 55.4 Å². The molecule has 4 bridgehead atoms. The number of hydrogen-bond donors (Lipinski definition) is 0. The molecule has 4 aliphatic carbocycles. The first-order chi connectivity index (χ1) is 12.1. The lowest BCUT2D eigenvalue weighted by Crippen LogP contribution is -2.48. The number of thioether (sulfide) groups is 1. The van der Waals surface area contributed by atoms with Gasteiger partial charge in [0.05, 0.1) is 5.25 Å². The van der Waals surface area contributed by atoms with E-state index in [-0.39, 0.29) is 11.1 Å². The lowest BCUT2D eigenvalue weighted by atomic mass is 9.56. The predicted molar refractivity (Wildman–Crippen MR) is 96.6 cm³/mol. The Bertz CT molecular complexity index is 737. The molecule has 0 aliphatic heterocycles. The number of halogens is 1. The Hall–Kier alpha value is -1.36. The molecule has 0 spiro atoms. The summed E-state index contributed by atoms with van der Waals surface area (Å²) in [5.41, 5.74) is 0.771. The molecule has 6 rings (SSSR count). The summed E-state index contributed by atoms with van der Waals surface area (Å²) in [6.07, 6.45) is 8.49. The molecule has 2 aromatic rings. The van der Waals surface area contributed by atoms with E-state index in [0.717, 1.165) is 23.3 Å². The molecule has 1 aromatic carbocycles. The van der Waals surface area contributed by atoms with Gasteiger partial charge in [-0.1, -0.05) is 0 Å². The number of benzene rings is 1. The first kappa shape index (κ1) is 15.9. The third-order valence-corrected chi connectivity index (χ3v) is 7.84. The summed E-state index contributed by atoms with van der Waals surface area (Å²) >= 11 is 2.06. The molecule has 0 amide bonds. The van der Waals surface area contributed by atoms with Crippen molar-refractivity contribution >= 4 is 11.8 Å². The Morgan fingerprint density at radius 2 is 1.64 bits per heavy atom. The van der Waals surface area contributed by atoms with E-state index in [1.165, 1.54) is 50.7 Å². The zero-order valence-electron chi connectivity index (χ0n) is 14.5. The van der Waals surface area contributed by atoms with Gasteiger partial charge < -0.3 is 4.42 Å². The number of hydrogen-bond acceptors (Lipinski definition) is 4. The zero-order valence-corrected chi connectivity index (χ0v) is 15.3. The molecule has 4 fully saturated rings. The van der Waals surface area contributed by atoms with Crippen molar-refractivity contribution in [3.8, 4) is 11.5 Å². The van der Waals surface area contributed by atoms with Crippen molar-refractivity contribution in [1.82, 2.24) is 10.2 Å². The fourth-order valence-corrected chi connectivity index (χ4v) is 7.65. The first-order valence-electron chi connectivity index (χ1n) is 9.36.